The minimum Gasteiger partial charge on any atom is -0.490 e. The summed E-state index contributed by atoms with van der Waals surface area (Å²) < 4.78 is 12.0. The van der Waals surface area contributed by atoms with Gasteiger partial charge in [0.25, 0.3) is 0 Å². The quantitative estimate of drug-likeness (QED) is 0.589. The minimum atomic E-state index is 0.330. The van der Waals surface area contributed by atoms with E-state index in [-0.39, 0.29) is 0 Å². The molecule has 0 aliphatic carbocycles. The maximum atomic E-state index is 6.01. The summed E-state index contributed by atoms with van der Waals surface area (Å²) in [5, 5.41) is 1.23. The highest BCUT2D eigenvalue weighted by Gasteiger charge is 2.09. The third-order valence-corrected chi connectivity index (χ3v) is 3.68. The molecule has 6 heteroatoms. The van der Waals surface area contributed by atoms with Gasteiger partial charge in [0, 0.05) is 9.50 Å². The first-order valence-corrected chi connectivity index (χ1v) is 7.64. The molecule has 0 saturated heterocycles. The topological polar surface area (TPSA) is 18.5 Å². The molecule has 0 radical (unpaired) electrons. The van der Waals surface area contributed by atoms with Gasteiger partial charge >= 0.3 is 0 Å². The Morgan fingerprint density at radius 2 is 1.40 bits per heavy atom. The summed E-state index contributed by atoms with van der Waals surface area (Å²) in [5.74, 6) is 1.18. The van der Waals surface area contributed by atoms with Crippen LogP contribution in [0, 0.1) is 0 Å². The Balaban J connectivity index is 1.86. The van der Waals surface area contributed by atoms with Crippen molar-refractivity contribution < 1.29 is 9.47 Å². The van der Waals surface area contributed by atoms with Gasteiger partial charge in [-0.15, -0.1) is 0 Å². The normalized spacial score (nSPS) is 10.4. The van der Waals surface area contributed by atoms with Crippen molar-refractivity contribution in [2.24, 2.45) is 0 Å². The number of ether oxygens (including phenoxy) is 2. The lowest BCUT2D eigenvalue weighted by molar-refractivity contribution is 0.217. The van der Waals surface area contributed by atoms with Gasteiger partial charge in [0.05, 0.1) is 10.0 Å². The summed E-state index contributed by atoms with van der Waals surface area (Å²) >= 11 is 21.2. The molecule has 0 fully saturated rings. The van der Waals surface area contributed by atoms with Gasteiger partial charge in [0.15, 0.2) is 5.75 Å². The second-order valence-electron chi connectivity index (χ2n) is 3.85. The Hall–Kier alpha value is -0.610. The van der Waals surface area contributed by atoms with Crippen LogP contribution in [0.3, 0.4) is 0 Å². The summed E-state index contributed by atoms with van der Waals surface area (Å²) in [4.78, 5) is 0. The van der Waals surface area contributed by atoms with E-state index in [4.69, 9.17) is 44.3 Å². The van der Waals surface area contributed by atoms with Crippen LogP contribution in [0.4, 0.5) is 0 Å². The first-order chi connectivity index (χ1) is 9.56. The fourth-order valence-electron chi connectivity index (χ4n) is 1.50. The number of hydrogen-bond donors (Lipinski definition) is 0. The Morgan fingerprint density at radius 3 is 2.00 bits per heavy atom. The molecule has 0 N–H and O–H groups in total. The first-order valence-electron chi connectivity index (χ1n) is 5.72. The van der Waals surface area contributed by atoms with Crippen molar-refractivity contribution in [1.82, 2.24) is 0 Å². The Bertz CT molecular complexity index is 564. The van der Waals surface area contributed by atoms with E-state index in [0.717, 1.165) is 10.2 Å². The zero-order chi connectivity index (χ0) is 14.5. The second-order valence-corrected chi connectivity index (χ2v) is 6.02. The van der Waals surface area contributed by atoms with Crippen LogP contribution < -0.4 is 9.47 Å². The van der Waals surface area contributed by atoms with Crippen molar-refractivity contribution in [3.63, 3.8) is 0 Å². The Labute approximate surface area is 140 Å². The molecule has 106 valence electrons. The largest absolute Gasteiger partial charge is 0.490 e. The maximum Gasteiger partial charge on any atom is 0.156 e. The van der Waals surface area contributed by atoms with Gasteiger partial charge in [-0.05, 0) is 36.4 Å². The van der Waals surface area contributed by atoms with Gasteiger partial charge in [-0.3, -0.25) is 0 Å². The molecular weight excluding hydrogens is 386 g/mol. The van der Waals surface area contributed by atoms with E-state index >= 15 is 0 Å². The van der Waals surface area contributed by atoms with E-state index in [9.17, 15) is 0 Å². The molecule has 0 bridgehead atoms. The third kappa shape index (κ3) is 4.45. The second kappa shape index (κ2) is 7.41. The fraction of sp³-hybridized carbons (Fsp3) is 0.143. The van der Waals surface area contributed by atoms with E-state index in [1.54, 1.807) is 12.1 Å². The standard InChI is InChI=1S/C14H10BrCl3O2/c15-9-1-3-11(4-2-9)19-5-6-20-14-12(17)7-10(16)8-13(14)18/h1-4,7-8H,5-6H2. The van der Waals surface area contributed by atoms with E-state index in [1.165, 1.54) is 0 Å². The molecule has 2 aromatic rings. The van der Waals surface area contributed by atoms with Gasteiger partial charge in [-0.25, -0.2) is 0 Å². The van der Waals surface area contributed by atoms with Crippen LogP contribution in [0.2, 0.25) is 15.1 Å². The fourth-order valence-corrected chi connectivity index (χ4v) is 2.69. The summed E-state index contributed by atoms with van der Waals surface area (Å²) in [6.45, 7) is 0.716. The predicted molar refractivity (Wildman–Crippen MR) is 86.6 cm³/mol. The van der Waals surface area contributed by atoms with Crippen LogP contribution in [0.1, 0.15) is 0 Å². The molecule has 2 nitrogen and oxygen atoms in total. The highest BCUT2D eigenvalue weighted by molar-refractivity contribution is 9.10. The van der Waals surface area contributed by atoms with Gasteiger partial charge in [0.1, 0.15) is 19.0 Å². The minimum absolute atomic E-state index is 0.330. The average Bonchev–Trinajstić information content (AvgIpc) is 2.39. The molecule has 0 unspecified atom stereocenters. The summed E-state index contributed by atoms with van der Waals surface area (Å²) in [5.41, 5.74) is 0. The molecule has 2 rings (SSSR count). The Kier molecular flexibility index (Phi) is 5.85. The monoisotopic (exact) mass is 394 g/mol. The lowest BCUT2D eigenvalue weighted by Crippen LogP contribution is -2.09. The molecule has 0 aromatic heterocycles. The zero-order valence-corrected chi connectivity index (χ0v) is 14.1. The number of halogens is 4. The van der Waals surface area contributed by atoms with Crippen molar-refractivity contribution in [3.8, 4) is 11.5 Å². The lowest BCUT2D eigenvalue weighted by atomic mass is 10.3. The third-order valence-electron chi connectivity index (χ3n) is 2.38. The summed E-state index contributed by atoms with van der Waals surface area (Å²) in [7, 11) is 0. The van der Waals surface area contributed by atoms with Crippen LogP contribution in [-0.4, -0.2) is 13.2 Å². The van der Waals surface area contributed by atoms with Crippen LogP contribution >= 0.6 is 50.7 Å². The number of benzene rings is 2. The zero-order valence-electron chi connectivity index (χ0n) is 10.2. The smallest absolute Gasteiger partial charge is 0.156 e. The molecule has 0 spiro atoms. The van der Waals surface area contributed by atoms with Crippen LogP contribution in [0.25, 0.3) is 0 Å². The predicted octanol–water partition coefficient (Wildman–Crippen LogP) is 5.87. The van der Waals surface area contributed by atoms with Crippen LogP contribution in [0.5, 0.6) is 11.5 Å². The van der Waals surface area contributed by atoms with Crippen molar-refractivity contribution >= 4 is 50.7 Å². The summed E-state index contributed by atoms with van der Waals surface area (Å²) in [6, 6.07) is 10.7. The molecule has 2 aromatic carbocycles. The van der Waals surface area contributed by atoms with Crippen molar-refractivity contribution in [3.05, 3.63) is 55.9 Å². The van der Waals surface area contributed by atoms with Crippen molar-refractivity contribution in [2.45, 2.75) is 0 Å². The highest BCUT2D eigenvalue weighted by Crippen LogP contribution is 2.35. The molecule has 0 amide bonds. The molecule has 0 atom stereocenters. The maximum absolute atomic E-state index is 6.01. The van der Waals surface area contributed by atoms with Crippen LogP contribution in [-0.2, 0) is 0 Å². The van der Waals surface area contributed by atoms with Gasteiger partial charge < -0.3 is 9.47 Å². The lowest BCUT2D eigenvalue weighted by Gasteiger charge is -2.11. The van der Waals surface area contributed by atoms with E-state index < -0.39 is 0 Å². The summed E-state index contributed by atoms with van der Waals surface area (Å²) in [6.07, 6.45) is 0. The van der Waals surface area contributed by atoms with Gasteiger partial charge in [-0.1, -0.05) is 50.7 Å². The molecular formula is C14H10BrCl3O2. The SMILES string of the molecule is Clc1cc(Cl)c(OCCOc2ccc(Br)cc2)c(Cl)c1. The van der Waals surface area contributed by atoms with E-state index in [0.29, 0.717) is 34.0 Å². The van der Waals surface area contributed by atoms with Gasteiger partial charge in [0.2, 0.25) is 0 Å². The molecule has 0 aliphatic heterocycles. The van der Waals surface area contributed by atoms with Crippen molar-refractivity contribution in [1.29, 1.82) is 0 Å². The first kappa shape index (κ1) is 15.8. The average molecular weight is 396 g/mol. The molecule has 0 heterocycles. The van der Waals surface area contributed by atoms with E-state index in [1.807, 2.05) is 24.3 Å². The number of rotatable bonds is 5. The van der Waals surface area contributed by atoms with Crippen LogP contribution in [0.15, 0.2) is 40.9 Å². The molecule has 0 saturated carbocycles. The number of hydrogen-bond acceptors (Lipinski definition) is 2. The van der Waals surface area contributed by atoms with E-state index in [2.05, 4.69) is 15.9 Å². The molecule has 20 heavy (non-hydrogen) atoms. The highest BCUT2D eigenvalue weighted by atomic mass is 79.9. The Morgan fingerprint density at radius 1 is 0.850 bits per heavy atom. The van der Waals surface area contributed by atoms with Gasteiger partial charge in [-0.2, -0.15) is 0 Å². The van der Waals surface area contributed by atoms with Crippen molar-refractivity contribution in [2.75, 3.05) is 13.2 Å². The molecule has 0 aliphatic rings.